The predicted molar refractivity (Wildman–Crippen MR) is 80.1 cm³/mol. The molecule has 0 atom stereocenters. The summed E-state index contributed by atoms with van der Waals surface area (Å²) >= 11 is 0. The fraction of sp³-hybridized carbons (Fsp3) is 0.267. The molecule has 0 radical (unpaired) electrons. The number of carbonyl (C=O) groups excluding carboxylic acids is 1. The highest BCUT2D eigenvalue weighted by Gasteiger charge is 2.10. The molecule has 0 saturated heterocycles. The Bertz CT molecular complexity index is 563. The summed E-state index contributed by atoms with van der Waals surface area (Å²) in [4.78, 5) is 14.0. The molecule has 0 aromatic heterocycles. The molecule has 0 amide bonds. The van der Waals surface area contributed by atoms with Crippen LogP contribution in [0.3, 0.4) is 0 Å². The zero-order valence-electron chi connectivity index (χ0n) is 10.9. The highest BCUT2D eigenvalue weighted by molar-refractivity contribution is 6.09. The number of carbonyl (C=O) groups is 1. The Morgan fingerprint density at radius 2 is 1.83 bits per heavy atom. The van der Waals surface area contributed by atoms with E-state index in [-0.39, 0.29) is 18.2 Å². The lowest BCUT2D eigenvalue weighted by molar-refractivity contribution is 0.0990. The number of hydrogen-bond acceptors (Lipinski definition) is 2. The lowest BCUT2D eigenvalue weighted by Gasteiger charge is -2.15. The molecule has 2 aromatic rings. The van der Waals surface area contributed by atoms with Crippen LogP contribution in [0, 0.1) is 0 Å². The van der Waals surface area contributed by atoms with E-state index in [1.807, 2.05) is 50.2 Å². The minimum absolute atomic E-state index is 0. The van der Waals surface area contributed by atoms with Gasteiger partial charge >= 0.3 is 0 Å². The smallest absolute Gasteiger partial charge is 0.163 e. The maximum absolute atomic E-state index is 12.0. The van der Waals surface area contributed by atoms with Gasteiger partial charge < -0.3 is 4.90 Å². The summed E-state index contributed by atoms with van der Waals surface area (Å²) in [6.07, 6.45) is 0.543. The summed E-state index contributed by atoms with van der Waals surface area (Å²) in [7, 11) is 3.98. The molecule has 0 aliphatic rings. The molecule has 2 rings (SSSR count). The minimum atomic E-state index is 0. The van der Waals surface area contributed by atoms with Gasteiger partial charge in [-0.1, -0.05) is 31.2 Å². The first-order valence-corrected chi connectivity index (χ1v) is 5.86. The van der Waals surface area contributed by atoms with E-state index in [0.717, 1.165) is 22.0 Å². The van der Waals surface area contributed by atoms with Crippen LogP contribution in [-0.2, 0) is 0 Å². The van der Waals surface area contributed by atoms with Crippen molar-refractivity contribution in [3.05, 3.63) is 42.0 Å². The topological polar surface area (TPSA) is 20.3 Å². The van der Waals surface area contributed by atoms with Gasteiger partial charge in [0.05, 0.1) is 0 Å². The lowest BCUT2D eigenvalue weighted by atomic mass is 9.99. The highest BCUT2D eigenvalue weighted by Crippen LogP contribution is 2.26. The first kappa shape index (κ1) is 14.5. The van der Waals surface area contributed by atoms with Crippen LogP contribution in [0.1, 0.15) is 23.7 Å². The maximum atomic E-state index is 12.0. The molecular formula is C15H18ClNO. The summed E-state index contributed by atoms with van der Waals surface area (Å²) in [5, 5.41) is 2.17. The Morgan fingerprint density at radius 3 is 2.44 bits per heavy atom. The molecule has 0 saturated carbocycles. The molecule has 0 aliphatic heterocycles. The van der Waals surface area contributed by atoms with Crippen molar-refractivity contribution >= 4 is 34.7 Å². The van der Waals surface area contributed by atoms with Gasteiger partial charge in [-0.25, -0.2) is 0 Å². The van der Waals surface area contributed by atoms with Crippen LogP contribution in [-0.4, -0.2) is 19.9 Å². The van der Waals surface area contributed by atoms with Crippen molar-refractivity contribution in [2.75, 3.05) is 19.0 Å². The second kappa shape index (κ2) is 5.87. The van der Waals surface area contributed by atoms with Crippen LogP contribution in [0.2, 0.25) is 0 Å². The second-order valence-corrected chi connectivity index (χ2v) is 4.39. The third-order valence-corrected chi connectivity index (χ3v) is 2.98. The van der Waals surface area contributed by atoms with Crippen molar-refractivity contribution in [3.63, 3.8) is 0 Å². The fourth-order valence-electron chi connectivity index (χ4n) is 1.97. The standard InChI is InChI=1S/C15H17NO.ClH/c1-4-15(17)14-10-12(16(2)3)9-11-7-5-6-8-13(11)14;/h5-10H,4H2,1-3H3;1H. The third kappa shape index (κ3) is 2.65. The maximum Gasteiger partial charge on any atom is 0.163 e. The van der Waals surface area contributed by atoms with Crippen LogP contribution >= 0.6 is 12.4 Å². The Labute approximate surface area is 114 Å². The highest BCUT2D eigenvalue weighted by atomic mass is 35.5. The SMILES string of the molecule is CCC(=O)c1cc(N(C)C)cc2ccccc12.Cl. The number of anilines is 1. The Hall–Kier alpha value is -1.54. The zero-order chi connectivity index (χ0) is 12.4. The molecule has 2 aromatic carbocycles. The molecule has 3 heteroatoms. The summed E-state index contributed by atoms with van der Waals surface area (Å²) in [5.41, 5.74) is 1.90. The Balaban J connectivity index is 0.00000162. The van der Waals surface area contributed by atoms with Gasteiger partial charge in [-0.3, -0.25) is 4.79 Å². The van der Waals surface area contributed by atoms with E-state index in [2.05, 4.69) is 12.1 Å². The van der Waals surface area contributed by atoms with Gasteiger partial charge in [0.2, 0.25) is 0 Å². The van der Waals surface area contributed by atoms with E-state index in [9.17, 15) is 4.79 Å². The van der Waals surface area contributed by atoms with Crippen molar-refractivity contribution in [1.29, 1.82) is 0 Å². The minimum Gasteiger partial charge on any atom is -0.378 e. The lowest BCUT2D eigenvalue weighted by Crippen LogP contribution is -2.10. The van der Waals surface area contributed by atoms with E-state index in [0.29, 0.717) is 6.42 Å². The first-order chi connectivity index (χ1) is 8.13. The molecule has 18 heavy (non-hydrogen) atoms. The molecule has 2 nitrogen and oxygen atoms in total. The van der Waals surface area contributed by atoms with Crippen molar-refractivity contribution in [3.8, 4) is 0 Å². The summed E-state index contributed by atoms with van der Waals surface area (Å²) < 4.78 is 0. The first-order valence-electron chi connectivity index (χ1n) is 5.86. The molecule has 0 bridgehead atoms. The van der Waals surface area contributed by atoms with Gasteiger partial charge in [-0.05, 0) is 22.9 Å². The predicted octanol–water partition coefficient (Wildman–Crippen LogP) is 3.92. The Kier molecular flexibility index (Phi) is 4.74. The fourth-order valence-corrected chi connectivity index (χ4v) is 1.97. The zero-order valence-corrected chi connectivity index (χ0v) is 11.8. The molecular weight excluding hydrogens is 246 g/mol. The monoisotopic (exact) mass is 263 g/mol. The number of halogens is 1. The van der Waals surface area contributed by atoms with E-state index in [1.54, 1.807) is 0 Å². The normalized spacial score (nSPS) is 9.94. The number of nitrogens with zero attached hydrogens (tertiary/aromatic N) is 1. The van der Waals surface area contributed by atoms with Crippen LogP contribution in [0.25, 0.3) is 10.8 Å². The molecule has 0 aliphatic carbocycles. The number of benzene rings is 2. The number of Topliss-reactive ketones (excluding diaryl/α,β-unsaturated/α-hetero) is 1. The van der Waals surface area contributed by atoms with Crippen LogP contribution in [0.5, 0.6) is 0 Å². The molecule has 0 spiro atoms. The van der Waals surface area contributed by atoms with Crippen LogP contribution in [0.4, 0.5) is 5.69 Å². The molecule has 0 fully saturated rings. The molecule has 0 unspecified atom stereocenters. The summed E-state index contributed by atoms with van der Waals surface area (Å²) in [6.45, 7) is 1.90. The molecule has 0 heterocycles. The van der Waals surface area contributed by atoms with Crippen LogP contribution < -0.4 is 4.90 Å². The van der Waals surface area contributed by atoms with Crippen molar-refractivity contribution in [2.24, 2.45) is 0 Å². The van der Waals surface area contributed by atoms with Gasteiger partial charge in [0.15, 0.2) is 5.78 Å². The van der Waals surface area contributed by atoms with Gasteiger partial charge in [-0.15, -0.1) is 12.4 Å². The van der Waals surface area contributed by atoms with Gasteiger partial charge in [0, 0.05) is 31.8 Å². The number of ketones is 1. The number of fused-ring (bicyclic) bond motifs is 1. The molecule has 0 N–H and O–H groups in total. The van der Waals surface area contributed by atoms with Crippen molar-refractivity contribution in [2.45, 2.75) is 13.3 Å². The van der Waals surface area contributed by atoms with Gasteiger partial charge in [-0.2, -0.15) is 0 Å². The van der Waals surface area contributed by atoms with Gasteiger partial charge in [0.25, 0.3) is 0 Å². The van der Waals surface area contributed by atoms with Crippen molar-refractivity contribution < 1.29 is 4.79 Å². The van der Waals surface area contributed by atoms with E-state index in [1.165, 1.54) is 0 Å². The van der Waals surface area contributed by atoms with E-state index < -0.39 is 0 Å². The molecule has 96 valence electrons. The van der Waals surface area contributed by atoms with Gasteiger partial charge in [0.1, 0.15) is 0 Å². The van der Waals surface area contributed by atoms with Crippen LogP contribution in [0.15, 0.2) is 36.4 Å². The number of rotatable bonds is 3. The van der Waals surface area contributed by atoms with E-state index >= 15 is 0 Å². The summed E-state index contributed by atoms with van der Waals surface area (Å²) in [5.74, 6) is 0.199. The number of hydrogen-bond donors (Lipinski definition) is 0. The van der Waals surface area contributed by atoms with Crippen molar-refractivity contribution in [1.82, 2.24) is 0 Å². The van der Waals surface area contributed by atoms with E-state index in [4.69, 9.17) is 0 Å². The largest absolute Gasteiger partial charge is 0.378 e. The second-order valence-electron chi connectivity index (χ2n) is 4.39. The third-order valence-electron chi connectivity index (χ3n) is 2.98. The quantitative estimate of drug-likeness (QED) is 0.783. The Morgan fingerprint density at radius 1 is 1.17 bits per heavy atom. The average molecular weight is 264 g/mol. The average Bonchev–Trinajstić information content (AvgIpc) is 2.36. The summed E-state index contributed by atoms with van der Waals surface area (Å²) in [6, 6.07) is 12.1.